The highest BCUT2D eigenvalue weighted by Crippen LogP contribution is 2.15. The van der Waals surface area contributed by atoms with Gasteiger partial charge in [0, 0.05) is 24.7 Å². The smallest absolute Gasteiger partial charge is 0.269 e. The van der Waals surface area contributed by atoms with Gasteiger partial charge in [-0.1, -0.05) is 12.1 Å². The zero-order valence-corrected chi connectivity index (χ0v) is 12.9. The molecule has 0 amide bonds. The number of benzene rings is 1. The Kier molecular flexibility index (Phi) is 4.46. The number of rotatable bonds is 7. The molecule has 2 heterocycles. The molecule has 0 aliphatic carbocycles. The third-order valence-electron chi connectivity index (χ3n) is 3.52. The van der Waals surface area contributed by atoms with Gasteiger partial charge in [0.1, 0.15) is 5.75 Å². The van der Waals surface area contributed by atoms with E-state index in [0.717, 1.165) is 22.6 Å². The molecule has 8 heteroatoms. The second-order valence-corrected chi connectivity index (χ2v) is 5.22. The lowest BCUT2D eigenvalue weighted by molar-refractivity contribution is -0.114. The number of methoxy groups -OCH3 is 1. The van der Waals surface area contributed by atoms with Crippen molar-refractivity contribution in [3.05, 3.63) is 59.2 Å². The molecule has 2 N–H and O–H groups in total. The Balaban J connectivity index is 1.62. The van der Waals surface area contributed by atoms with Crippen molar-refractivity contribution < 1.29 is 14.3 Å². The van der Waals surface area contributed by atoms with Crippen LogP contribution in [0.2, 0.25) is 0 Å². The molecule has 2 aromatic heterocycles. The van der Waals surface area contributed by atoms with Gasteiger partial charge in [0.25, 0.3) is 5.78 Å². The lowest BCUT2D eigenvalue weighted by Gasteiger charge is -2.02. The number of nitrogens with one attached hydrogen (secondary N) is 2. The fourth-order valence-corrected chi connectivity index (χ4v) is 2.31. The summed E-state index contributed by atoms with van der Waals surface area (Å²) >= 11 is 0. The largest absolute Gasteiger partial charge is 0.497 e. The van der Waals surface area contributed by atoms with Gasteiger partial charge in [0.15, 0.2) is 0 Å². The number of H-pyrrole nitrogens is 2. The summed E-state index contributed by atoms with van der Waals surface area (Å²) in [5, 5.41) is 12.5. The van der Waals surface area contributed by atoms with E-state index in [0.29, 0.717) is 6.42 Å². The molecule has 0 aliphatic rings. The Morgan fingerprint density at radius 2 is 1.96 bits per heavy atom. The summed E-state index contributed by atoms with van der Waals surface area (Å²) in [5.41, 5.74) is 2.80. The molecule has 0 saturated carbocycles. The first-order valence-corrected chi connectivity index (χ1v) is 7.26. The molecule has 0 saturated heterocycles. The monoisotopic (exact) mass is 325 g/mol. The predicted octanol–water partition coefficient (Wildman–Crippen LogP) is 1.12. The van der Waals surface area contributed by atoms with Crippen LogP contribution in [0.25, 0.3) is 0 Å². The normalized spacial score (nSPS) is 10.5. The Morgan fingerprint density at radius 3 is 2.62 bits per heavy atom. The van der Waals surface area contributed by atoms with E-state index in [2.05, 4.69) is 25.6 Å². The van der Waals surface area contributed by atoms with Crippen LogP contribution in [-0.2, 0) is 17.6 Å². The molecule has 1 aromatic carbocycles. The summed E-state index contributed by atoms with van der Waals surface area (Å²) in [5.74, 6) is -0.737. The van der Waals surface area contributed by atoms with Crippen LogP contribution in [0.4, 0.5) is 0 Å². The summed E-state index contributed by atoms with van der Waals surface area (Å²) in [6.07, 6.45) is 2.41. The van der Waals surface area contributed by atoms with Crippen molar-refractivity contribution in [3.8, 4) is 5.75 Å². The number of aromatic nitrogens is 5. The highest BCUT2D eigenvalue weighted by Gasteiger charge is 2.21. The Morgan fingerprint density at radius 1 is 1.17 bits per heavy atom. The molecular formula is C16H15N5O3. The van der Waals surface area contributed by atoms with Crippen molar-refractivity contribution >= 4 is 11.6 Å². The SMILES string of the molecule is COc1ccc(Cc2cc(CC(=O)C(=O)c3nn[nH]n3)c[nH]2)cc1. The van der Waals surface area contributed by atoms with E-state index in [1.807, 2.05) is 30.3 Å². The van der Waals surface area contributed by atoms with E-state index >= 15 is 0 Å². The summed E-state index contributed by atoms with van der Waals surface area (Å²) < 4.78 is 5.13. The Hall–Kier alpha value is -3.29. The zero-order chi connectivity index (χ0) is 16.9. The summed E-state index contributed by atoms with van der Waals surface area (Å²) in [7, 11) is 1.62. The second-order valence-electron chi connectivity index (χ2n) is 5.22. The summed E-state index contributed by atoms with van der Waals surface area (Å²) in [6, 6.07) is 9.61. The first-order valence-electron chi connectivity index (χ1n) is 7.26. The van der Waals surface area contributed by atoms with Gasteiger partial charge in [-0.25, -0.2) is 0 Å². The van der Waals surface area contributed by atoms with Gasteiger partial charge in [-0.05, 0) is 34.5 Å². The van der Waals surface area contributed by atoms with Crippen LogP contribution in [-0.4, -0.2) is 44.3 Å². The number of hydrogen-bond acceptors (Lipinski definition) is 6. The maximum Gasteiger partial charge on any atom is 0.269 e. The van der Waals surface area contributed by atoms with Crippen molar-refractivity contribution in [2.24, 2.45) is 0 Å². The second kappa shape index (κ2) is 6.86. The number of ether oxygens (including phenoxy) is 1. The van der Waals surface area contributed by atoms with Gasteiger partial charge in [0.2, 0.25) is 11.6 Å². The Labute approximate surface area is 137 Å². The molecule has 0 bridgehead atoms. The van der Waals surface area contributed by atoms with Crippen LogP contribution < -0.4 is 4.74 Å². The Bertz CT molecular complexity index is 837. The highest BCUT2D eigenvalue weighted by molar-refractivity contribution is 6.43. The molecule has 0 fully saturated rings. The fraction of sp³-hybridized carbons (Fsp3) is 0.188. The van der Waals surface area contributed by atoms with Crippen molar-refractivity contribution in [1.82, 2.24) is 25.6 Å². The number of aromatic amines is 2. The van der Waals surface area contributed by atoms with Crippen LogP contribution in [0.3, 0.4) is 0 Å². The molecule has 0 spiro atoms. The predicted molar refractivity (Wildman–Crippen MR) is 83.8 cm³/mol. The van der Waals surface area contributed by atoms with Crippen LogP contribution in [0.1, 0.15) is 27.4 Å². The molecule has 122 valence electrons. The topological polar surface area (TPSA) is 114 Å². The minimum Gasteiger partial charge on any atom is -0.497 e. The van der Waals surface area contributed by atoms with Crippen LogP contribution in [0.15, 0.2) is 36.5 Å². The maximum atomic E-state index is 11.9. The van der Waals surface area contributed by atoms with Crippen LogP contribution in [0, 0.1) is 0 Å². The summed E-state index contributed by atoms with van der Waals surface area (Å²) in [4.78, 5) is 26.9. The van der Waals surface area contributed by atoms with E-state index < -0.39 is 11.6 Å². The molecule has 3 aromatic rings. The van der Waals surface area contributed by atoms with Gasteiger partial charge in [-0.3, -0.25) is 9.59 Å². The molecular weight excluding hydrogens is 310 g/mol. The number of nitrogens with zero attached hydrogens (tertiary/aromatic N) is 3. The quantitative estimate of drug-likeness (QED) is 0.497. The average Bonchev–Trinajstić information content (AvgIpc) is 3.27. The van der Waals surface area contributed by atoms with Gasteiger partial charge in [0.05, 0.1) is 7.11 Å². The average molecular weight is 325 g/mol. The fourth-order valence-electron chi connectivity index (χ4n) is 2.31. The molecule has 0 unspecified atom stereocenters. The van der Waals surface area contributed by atoms with Crippen LogP contribution in [0.5, 0.6) is 5.75 Å². The maximum absolute atomic E-state index is 11.9. The molecule has 0 atom stereocenters. The van der Waals surface area contributed by atoms with E-state index in [9.17, 15) is 9.59 Å². The van der Waals surface area contributed by atoms with Crippen molar-refractivity contribution in [1.29, 1.82) is 0 Å². The lowest BCUT2D eigenvalue weighted by atomic mass is 10.1. The van der Waals surface area contributed by atoms with E-state index in [1.165, 1.54) is 0 Å². The standard InChI is InChI=1S/C16H15N5O3/c1-24-13-4-2-10(3-5-13)6-12-7-11(9-17-12)8-14(22)15(23)16-18-20-21-19-16/h2-5,7,9,17H,6,8H2,1H3,(H,18,19,20,21). The third-order valence-corrected chi connectivity index (χ3v) is 3.52. The number of ketones is 2. The van der Waals surface area contributed by atoms with Crippen molar-refractivity contribution in [2.75, 3.05) is 7.11 Å². The third kappa shape index (κ3) is 3.54. The lowest BCUT2D eigenvalue weighted by Crippen LogP contribution is -2.18. The first-order chi connectivity index (χ1) is 11.7. The minimum absolute atomic E-state index is 0.00745. The molecule has 24 heavy (non-hydrogen) atoms. The van der Waals surface area contributed by atoms with Crippen molar-refractivity contribution in [3.63, 3.8) is 0 Å². The number of tetrazole rings is 1. The van der Waals surface area contributed by atoms with Gasteiger partial charge < -0.3 is 9.72 Å². The van der Waals surface area contributed by atoms with Crippen LogP contribution >= 0.6 is 0 Å². The highest BCUT2D eigenvalue weighted by atomic mass is 16.5. The minimum atomic E-state index is -0.748. The van der Waals surface area contributed by atoms with Gasteiger partial charge in [-0.2, -0.15) is 5.21 Å². The van der Waals surface area contributed by atoms with Gasteiger partial charge >= 0.3 is 0 Å². The van der Waals surface area contributed by atoms with E-state index in [-0.39, 0.29) is 12.2 Å². The number of carbonyl (C=O) groups is 2. The van der Waals surface area contributed by atoms with E-state index in [1.54, 1.807) is 13.3 Å². The van der Waals surface area contributed by atoms with Crippen molar-refractivity contribution in [2.45, 2.75) is 12.8 Å². The summed E-state index contributed by atoms with van der Waals surface area (Å²) in [6.45, 7) is 0. The number of Topliss-reactive ketones (excluding diaryl/α,β-unsaturated/α-hetero) is 2. The first kappa shape index (κ1) is 15.6. The molecule has 0 aliphatic heterocycles. The molecule has 3 rings (SSSR count). The number of carbonyl (C=O) groups excluding carboxylic acids is 2. The van der Waals surface area contributed by atoms with E-state index in [4.69, 9.17) is 4.74 Å². The molecule has 8 nitrogen and oxygen atoms in total. The molecule has 0 radical (unpaired) electrons. The zero-order valence-electron chi connectivity index (χ0n) is 12.9. The number of hydrogen-bond donors (Lipinski definition) is 2. The van der Waals surface area contributed by atoms with Gasteiger partial charge in [-0.15, -0.1) is 10.2 Å².